The number of nitrogens with one attached hydrogen (secondary N) is 15. The smallest absolute Gasteiger partial charge is 0.332 e. The number of primary amides is 1. The molecule has 3 aromatic rings. The molecule has 0 spiro atoms. The summed E-state index contributed by atoms with van der Waals surface area (Å²) < 4.78 is 11.7. The van der Waals surface area contributed by atoms with E-state index in [4.69, 9.17) is 30.6 Å². The molecule has 1 fully saturated rings. The Balaban J connectivity index is 1.56. The summed E-state index contributed by atoms with van der Waals surface area (Å²) in [6.45, 7) is 5.69. The minimum absolute atomic E-state index is 0.0172. The summed E-state index contributed by atoms with van der Waals surface area (Å²) in [5.74, 6) is -30.1. The number of likely N-dealkylation sites (N-methyl/N-ethyl adjacent to an activating group) is 1. The number of benzene rings is 2. The van der Waals surface area contributed by atoms with Crippen LogP contribution < -0.4 is 101 Å². The third-order valence-electron chi connectivity index (χ3n) is 20.7. The van der Waals surface area contributed by atoms with Gasteiger partial charge in [0.05, 0.1) is 74.5 Å². The molecule has 2 aliphatic rings. The maximum absolute atomic E-state index is 15.1. The van der Waals surface area contributed by atoms with Gasteiger partial charge in [-0.1, -0.05) is 84.4 Å². The average Bonchev–Trinajstić information content (AvgIpc) is 1.65. The first-order valence-electron chi connectivity index (χ1n) is 41.4. The highest BCUT2D eigenvalue weighted by molar-refractivity contribution is 6.04. The molecule has 51 nitrogen and oxygen atoms in total. The van der Waals surface area contributed by atoms with Crippen molar-refractivity contribution >= 4 is 147 Å². The van der Waals surface area contributed by atoms with Gasteiger partial charge in [0.2, 0.25) is 94.4 Å². The van der Waals surface area contributed by atoms with E-state index in [0.717, 1.165) is 77.7 Å². The average molecular weight is 1840 g/mol. The lowest BCUT2D eigenvalue weighted by Gasteiger charge is -2.32. The number of methoxy groups -OCH3 is 1. The Morgan fingerprint density at radius 3 is 1.92 bits per heavy atom. The molecule has 14 atom stereocenters. The van der Waals surface area contributed by atoms with Gasteiger partial charge in [-0.3, -0.25) is 116 Å². The van der Waals surface area contributed by atoms with Crippen LogP contribution in [0.5, 0.6) is 11.5 Å². The number of unbranched alkanes of at least 4 members (excludes halogenated alkanes) is 6. The van der Waals surface area contributed by atoms with Crippen LogP contribution in [0.15, 0.2) is 42.6 Å². The van der Waals surface area contributed by atoms with Crippen molar-refractivity contribution in [3.05, 3.63) is 58.3 Å². The van der Waals surface area contributed by atoms with E-state index < -0.39 is 284 Å². The number of aromatic nitrogens is 1. The highest BCUT2D eigenvalue weighted by Gasteiger charge is 2.43. The van der Waals surface area contributed by atoms with Crippen LogP contribution in [0.1, 0.15) is 163 Å². The summed E-state index contributed by atoms with van der Waals surface area (Å²) in [6, 6.07) is -14.3. The molecule has 0 saturated carbocycles. The number of hydroxylamine groups is 1. The van der Waals surface area contributed by atoms with E-state index in [9.17, 15) is 127 Å². The lowest BCUT2D eigenvalue weighted by atomic mass is 9.94. The molecule has 2 aromatic carbocycles. The molecule has 5 rings (SSSR count). The number of imide groups is 1. The van der Waals surface area contributed by atoms with Crippen LogP contribution in [-0.4, -0.2) is 266 Å². The first-order valence-corrected chi connectivity index (χ1v) is 41.4. The van der Waals surface area contributed by atoms with Crippen molar-refractivity contribution in [1.29, 1.82) is 0 Å². The van der Waals surface area contributed by atoms with Gasteiger partial charge in [0.15, 0.2) is 0 Å². The first-order chi connectivity index (χ1) is 61.4. The number of carboxylic acids is 3. The number of anilines is 1. The van der Waals surface area contributed by atoms with E-state index >= 15 is 4.79 Å². The van der Waals surface area contributed by atoms with Crippen molar-refractivity contribution in [3.63, 3.8) is 0 Å². The molecule has 714 valence electrons. The van der Waals surface area contributed by atoms with Gasteiger partial charge < -0.3 is 115 Å². The van der Waals surface area contributed by atoms with Crippen molar-refractivity contribution in [3.8, 4) is 11.5 Å². The molecule has 1 saturated heterocycles. The molecular formula is C79H112N20O31. The van der Waals surface area contributed by atoms with Crippen molar-refractivity contribution in [2.45, 2.75) is 236 Å². The van der Waals surface area contributed by atoms with E-state index in [2.05, 4.69) is 76.0 Å². The number of para-hydroxylation sites is 1. The predicted molar refractivity (Wildman–Crippen MR) is 447 cm³/mol. The van der Waals surface area contributed by atoms with Gasteiger partial charge in [0, 0.05) is 49.7 Å². The van der Waals surface area contributed by atoms with Crippen LogP contribution in [0.3, 0.4) is 0 Å². The molecule has 130 heavy (non-hydrogen) atoms. The van der Waals surface area contributed by atoms with Gasteiger partial charge in [-0.15, -0.1) is 0 Å². The number of amides is 16. The van der Waals surface area contributed by atoms with E-state index in [-0.39, 0.29) is 61.4 Å². The second kappa shape index (κ2) is 52.1. The zero-order valence-electron chi connectivity index (χ0n) is 72.5. The number of nitro groups is 1. The largest absolute Gasteiger partial charge is 0.481 e. The molecule has 51 heteroatoms. The van der Waals surface area contributed by atoms with Crippen LogP contribution >= 0.6 is 0 Å². The molecule has 1 aromatic heterocycles. The second-order valence-corrected chi connectivity index (χ2v) is 30.9. The predicted octanol–water partition coefficient (Wildman–Crippen LogP) is -4.05. The monoisotopic (exact) mass is 1840 g/mol. The third kappa shape index (κ3) is 33.5. The Hall–Kier alpha value is -14.3. The van der Waals surface area contributed by atoms with Crippen molar-refractivity contribution in [2.75, 3.05) is 39.1 Å². The highest BCUT2D eigenvalue weighted by Crippen LogP contribution is 2.44. The van der Waals surface area contributed by atoms with E-state index in [1.807, 2.05) is 5.64 Å². The van der Waals surface area contributed by atoms with E-state index in [1.165, 1.54) is 31.6 Å². The van der Waals surface area contributed by atoms with Gasteiger partial charge in [0.25, 0.3) is 5.75 Å². The molecule has 0 bridgehead atoms. The maximum atomic E-state index is 15.1. The number of hydrogen-bond acceptors (Lipinski definition) is 31. The fraction of sp³-hybridized carbons (Fsp3) is 0.557. The fourth-order valence-corrected chi connectivity index (χ4v) is 13.3. The number of carbonyl (C=O) groups is 21. The molecule has 0 radical (unpaired) electrons. The van der Waals surface area contributed by atoms with Crippen LogP contribution in [0.4, 0.5) is 16.2 Å². The maximum Gasteiger partial charge on any atom is 0.332 e. The molecule has 16 amide bonds. The first kappa shape index (κ1) is 106. The SMILES string of the molecule is CCCCCCCCC(=O)NC(=O)n1cc(C[C@H](N)C(=O)N[C@H](CCC(=O)O)C(=O)N[C@@H](CC(=O)NO)C(=O)NC2C(=O)N(C)CC(=O)N[C@@H](C)C(=O)NC(CC(=O)OC)C(=O)N[C@H](CCCCNc3ccc([N+](=O)[O-])c4c3ONO4)C(=O)N[C@@H](CC(=O)O)C(=O)NCC(=O)N[C@H](CC(N)=O)C(=O)NC(C(C)CC(=O)O)C(=O)N[C@@H]([C@@H](C)CC)C(=O)OC2C)c2ccccc21. The lowest BCUT2D eigenvalue weighted by Crippen LogP contribution is -2.62. The molecule has 2 aliphatic heterocycles. The number of nitrogens with two attached hydrogens (primary N) is 2. The summed E-state index contributed by atoms with van der Waals surface area (Å²) in [7, 11) is 1.80. The van der Waals surface area contributed by atoms with Gasteiger partial charge in [0.1, 0.15) is 66.5 Å². The number of fused-ring (bicyclic) bond motifs is 2. The number of cyclic esters (lactones) is 1. The van der Waals surface area contributed by atoms with Gasteiger partial charge in [-0.05, 0) is 81.9 Å². The molecular weight excluding hydrogens is 1720 g/mol. The van der Waals surface area contributed by atoms with Crippen LogP contribution in [0.25, 0.3) is 10.9 Å². The molecule has 5 unspecified atom stereocenters. The number of nitro benzene ring substituents is 1. The van der Waals surface area contributed by atoms with Crippen molar-refractivity contribution < 1.29 is 145 Å². The zero-order chi connectivity index (χ0) is 96.9. The number of carboxylic acid groups (broad SMARTS) is 3. The Bertz CT molecular complexity index is 4680. The quantitative estimate of drug-likeness (QED) is 0.00853. The number of carbonyl (C=O) groups excluding carboxylic acids is 18. The topological polar surface area (TPSA) is 760 Å². The number of esters is 2. The van der Waals surface area contributed by atoms with Crippen LogP contribution in [-0.2, 0) is 112 Å². The summed E-state index contributed by atoms with van der Waals surface area (Å²) >= 11 is 0. The second-order valence-electron chi connectivity index (χ2n) is 30.9. The van der Waals surface area contributed by atoms with Crippen LogP contribution in [0, 0.1) is 22.0 Å². The van der Waals surface area contributed by atoms with Crippen LogP contribution in [0.2, 0.25) is 0 Å². The third-order valence-corrected chi connectivity index (χ3v) is 20.7. The minimum Gasteiger partial charge on any atom is -0.481 e. The molecule has 0 aliphatic carbocycles. The van der Waals surface area contributed by atoms with Crippen molar-refractivity contribution in [2.24, 2.45) is 23.3 Å². The number of ether oxygens (including phenoxy) is 2. The summed E-state index contributed by atoms with van der Waals surface area (Å²) in [4.78, 5) is 311. The normalized spacial score (nSPS) is 20.6. The summed E-state index contributed by atoms with van der Waals surface area (Å²) in [6.07, 6.45) is -3.56. The summed E-state index contributed by atoms with van der Waals surface area (Å²) in [5.41, 5.74) is 15.5. The number of aliphatic carboxylic acids is 3. The van der Waals surface area contributed by atoms with Gasteiger partial charge in [-0.25, -0.2) is 15.1 Å². The Kier molecular flexibility index (Phi) is 42.6. The molecule has 23 N–H and O–H groups in total. The molecule has 3 heterocycles. The van der Waals surface area contributed by atoms with Gasteiger partial charge in [-0.2, -0.15) is 0 Å². The highest BCUT2D eigenvalue weighted by atomic mass is 16.9. The van der Waals surface area contributed by atoms with Gasteiger partial charge >= 0.3 is 41.6 Å². The number of rotatable bonds is 38. The number of nitrogens with zero attached hydrogens (tertiary/aromatic N) is 3. The summed E-state index contributed by atoms with van der Waals surface area (Å²) in [5, 5.41) is 81.2. The Labute approximate surface area is 742 Å². The van der Waals surface area contributed by atoms with E-state index in [1.54, 1.807) is 24.3 Å². The van der Waals surface area contributed by atoms with Crippen molar-refractivity contribution in [1.82, 2.24) is 84.4 Å². The Morgan fingerprint density at radius 1 is 0.646 bits per heavy atom. The van der Waals surface area contributed by atoms with E-state index in [0.29, 0.717) is 22.2 Å². The number of hydrogen-bond donors (Lipinski definition) is 21. The lowest BCUT2D eigenvalue weighted by molar-refractivity contribution is -0.385. The fourth-order valence-electron chi connectivity index (χ4n) is 13.3. The zero-order valence-corrected chi connectivity index (χ0v) is 72.5. The standard InChI is InChI=1S/C79H112N20O31/c1-9-11-12-13-14-15-23-55(101)91-79(123)98-36-42(43-20-16-17-22-52(43)98)30-44(80)69(113)86-47(25-27-59(105)106)72(116)89-49(32-56(102)95-124)75(119)94-65-41(6)128-78(122)64(38(3)10-2)93-76(120)63(39(4)29-60(107)108)92-74(118)48(31-54(81)100)85-57(103)35-83-70(114)50(33-61(109)110)90-71(115)46(21-18-19-28-82-45-24-26-53(99(125)126)67-66(45)129-96-130-67)87-73(117)51(34-62(111)127-8)88-68(112)40(5)84-58(104)37-97(7)77(65)121/h16-17,20,22,24,26,36,38-41,44,46-51,63-65,82,96,124H,9-15,18-19,21,23,25,27-35,37,80H2,1-8H3,(H2,81,100)(H,83,114)(H,84,104)(H,85,103)(H,86,113)(H,87,117)(H,88,112)(H,89,116)(H,90,115)(H,92,118)(H,93,120)(H,94,119)(H,95,102)(H,105,106)(H,107,108)(H,109,110)(H,91,101,123)/t38-,39?,40-,41?,44-,46+,47+,48+,49-,50-,51?,63?,64-,65?/m0/s1. The minimum atomic E-state index is -2.35. The Morgan fingerprint density at radius 2 is 1.27 bits per heavy atom.